The molecule has 0 spiro atoms. The Morgan fingerprint density at radius 3 is 3.05 bits per heavy atom. The van der Waals surface area contributed by atoms with Gasteiger partial charge >= 0.3 is 5.69 Å². The van der Waals surface area contributed by atoms with Crippen molar-refractivity contribution in [2.45, 2.75) is 26.2 Å². The van der Waals surface area contributed by atoms with Crippen LogP contribution in [-0.2, 0) is 4.74 Å². The molecule has 2 aromatic rings. The highest BCUT2D eigenvalue weighted by Gasteiger charge is 2.41. The van der Waals surface area contributed by atoms with Gasteiger partial charge in [0.15, 0.2) is 5.65 Å². The Bertz CT molecular complexity index is 671. The molecule has 0 saturated heterocycles. The molecule has 1 aliphatic rings. The van der Waals surface area contributed by atoms with Crippen LogP contribution in [-0.4, -0.2) is 39.8 Å². The summed E-state index contributed by atoms with van der Waals surface area (Å²) in [6.07, 6.45) is 3.53. The first-order chi connectivity index (χ1) is 9.63. The van der Waals surface area contributed by atoms with Gasteiger partial charge in [-0.1, -0.05) is 0 Å². The number of fused-ring (bicyclic) bond motifs is 1. The van der Waals surface area contributed by atoms with Crippen LogP contribution in [0, 0.1) is 12.3 Å². The van der Waals surface area contributed by atoms with E-state index in [9.17, 15) is 4.79 Å². The van der Waals surface area contributed by atoms with Crippen molar-refractivity contribution >= 4 is 11.5 Å². The van der Waals surface area contributed by atoms with Crippen LogP contribution in [0.2, 0.25) is 0 Å². The van der Waals surface area contributed by atoms with Crippen molar-refractivity contribution in [1.29, 1.82) is 0 Å². The molecule has 0 radical (unpaired) electrons. The van der Waals surface area contributed by atoms with E-state index in [0.717, 1.165) is 25.4 Å². The third-order valence-electron chi connectivity index (χ3n) is 4.01. The van der Waals surface area contributed by atoms with E-state index in [1.165, 1.54) is 17.2 Å². The summed E-state index contributed by atoms with van der Waals surface area (Å²) in [7, 11) is 1.73. The molecule has 3 rings (SSSR count). The Balaban J connectivity index is 1.73. The predicted molar refractivity (Wildman–Crippen MR) is 75.0 cm³/mol. The molecule has 0 aromatic carbocycles. The van der Waals surface area contributed by atoms with Crippen molar-refractivity contribution in [2.24, 2.45) is 5.41 Å². The number of anilines is 1. The van der Waals surface area contributed by atoms with E-state index >= 15 is 0 Å². The fourth-order valence-electron chi connectivity index (χ4n) is 2.48. The second-order valence-electron chi connectivity index (χ2n) is 5.51. The number of hydrogen-bond acceptors (Lipinski definition) is 5. The maximum absolute atomic E-state index is 11.5. The zero-order chi connectivity index (χ0) is 14.2. The first-order valence-corrected chi connectivity index (χ1v) is 6.81. The molecule has 7 nitrogen and oxygen atoms in total. The summed E-state index contributed by atoms with van der Waals surface area (Å²) in [4.78, 5) is 15.9. The fourth-order valence-corrected chi connectivity index (χ4v) is 2.48. The van der Waals surface area contributed by atoms with Gasteiger partial charge in [-0.15, -0.1) is 0 Å². The molecule has 0 aliphatic heterocycles. The van der Waals surface area contributed by atoms with E-state index in [-0.39, 0.29) is 5.69 Å². The lowest BCUT2D eigenvalue weighted by Crippen LogP contribution is -2.19. The van der Waals surface area contributed by atoms with Gasteiger partial charge in [-0.05, 0) is 31.6 Å². The number of methoxy groups -OCH3 is 1. The first kappa shape index (κ1) is 13.1. The SMILES string of the molecule is COCCC1(CNc2cc3n[nH]c(=O)n3c(C)n2)CC1. The van der Waals surface area contributed by atoms with E-state index in [1.807, 2.05) is 0 Å². The molecule has 0 amide bonds. The lowest BCUT2D eigenvalue weighted by Gasteiger charge is -2.16. The average molecular weight is 277 g/mol. The van der Waals surface area contributed by atoms with Crippen molar-refractivity contribution in [1.82, 2.24) is 19.6 Å². The maximum Gasteiger partial charge on any atom is 0.349 e. The lowest BCUT2D eigenvalue weighted by atomic mass is 10.0. The number of nitrogens with zero attached hydrogens (tertiary/aromatic N) is 3. The number of nitrogens with one attached hydrogen (secondary N) is 2. The highest BCUT2D eigenvalue weighted by molar-refractivity contribution is 5.49. The second-order valence-corrected chi connectivity index (χ2v) is 5.51. The normalized spacial score (nSPS) is 16.5. The first-order valence-electron chi connectivity index (χ1n) is 6.81. The van der Waals surface area contributed by atoms with Crippen molar-refractivity contribution < 1.29 is 4.74 Å². The van der Waals surface area contributed by atoms with Crippen molar-refractivity contribution in [3.63, 3.8) is 0 Å². The van der Waals surface area contributed by atoms with Crippen molar-refractivity contribution in [2.75, 3.05) is 25.6 Å². The zero-order valence-electron chi connectivity index (χ0n) is 11.8. The molecule has 108 valence electrons. The van der Waals surface area contributed by atoms with Crippen molar-refractivity contribution in [3.05, 3.63) is 22.4 Å². The van der Waals surface area contributed by atoms with Gasteiger partial charge in [0.25, 0.3) is 0 Å². The topological polar surface area (TPSA) is 84.3 Å². The molecular formula is C13H19N5O2. The molecule has 0 atom stereocenters. The number of aromatic nitrogens is 4. The van der Waals surface area contributed by atoms with E-state index < -0.39 is 0 Å². The maximum atomic E-state index is 11.5. The monoisotopic (exact) mass is 277 g/mol. The highest BCUT2D eigenvalue weighted by atomic mass is 16.5. The number of ether oxygens (including phenoxy) is 1. The molecule has 1 saturated carbocycles. The molecule has 1 aliphatic carbocycles. The Hall–Kier alpha value is -1.89. The van der Waals surface area contributed by atoms with Gasteiger partial charge < -0.3 is 10.1 Å². The number of hydrogen-bond donors (Lipinski definition) is 2. The summed E-state index contributed by atoms with van der Waals surface area (Å²) in [5, 5.41) is 9.77. The number of aromatic amines is 1. The van der Waals surface area contributed by atoms with Gasteiger partial charge in [0.2, 0.25) is 0 Å². The minimum Gasteiger partial charge on any atom is -0.385 e. The Kier molecular flexibility index (Phi) is 3.21. The summed E-state index contributed by atoms with van der Waals surface area (Å²) in [5.41, 5.74) is 0.685. The second kappa shape index (κ2) is 4.90. The van der Waals surface area contributed by atoms with Gasteiger partial charge in [0.1, 0.15) is 11.6 Å². The van der Waals surface area contributed by atoms with Gasteiger partial charge in [0.05, 0.1) is 0 Å². The average Bonchev–Trinajstić information content (AvgIpc) is 3.11. The lowest BCUT2D eigenvalue weighted by molar-refractivity contribution is 0.175. The highest BCUT2D eigenvalue weighted by Crippen LogP contribution is 2.48. The Morgan fingerprint density at radius 2 is 2.35 bits per heavy atom. The minimum atomic E-state index is -0.254. The number of H-pyrrole nitrogens is 1. The van der Waals surface area contributed by atoms with Crippen LogP contribution in [0.1, 0.15) is 25.1 Å². The largest absolute Gasteiger partial charge is 0.385 e. The summed E-state index contributed by atoms with van der Waals surface area (Å²) < 4.78 is 6.61. The van der Waals surface area contributed by atoms with Crippen LogP contribution >= 0.6 is 0 Å². The summed E-state index contributed by atoms with van der Waals surface area (Å²) in [6, 6.07) is 1.79. The number of rotatable bonds is 6. The van der Waals surface area contributed by atoms with E-state index in [4.69, 9.17) is 4.74 Å². The van der Waals surface area contributed by atoms with Gasteiger partial charge in [-0.2, -0.15) is 5.10 Å². The molecular weight excluding hydrogens is 258 g/mol. The third-order valence-corrected chi connectivity index (χ3v) is 4.01. The zero-order valence-corrected chi connectivity index (χ0v) is 11.8. The molecule has 2 N–H and O–H groups in total. The molecule has 1 fully saturated rings. The van der Waals surface area contributed by atoms with Crippen LogP contribution in [0.25, 0.3) is 5.65 Å². The van der Waals surface area contributed by atoms with Gasteiger partial charge in [0, 0.05) is 26.3 Å². The third kappa shape index (κ3) is 2.40. The standard InChI is InChI=1S/C13H19N5O2/c1-9-15-10(7-11-16-17-12(19)18(9)11)14-8-13(3-4-13)5-6-20-2/h7,14H,3-6,8H2,1-2H3,(H,17,19). The van der Waals surface area contributed by atoms with Gasteiger partial charge in [-0.3, -0.25) is 0 Å². The molecule has 20 heavy (non-hydrogen) atoms. The van der Waals surface area contributed by atoms with Crippen LogP contribution in [0.4, 0.5) is 5.82 Å². The van der Waals surface area contributed by atoms with Crippen LogP contribution in [0.3, 0.4) is 0 Å². The van der Waals surface area contributed by atoms with Crippen molar-refractivity contribution in [3.8, 4) is 0 Å². The van der Waals surface area contributed by atoms with Crippen LogP contribution in [0.15, 0.2) is 10.9 Å². The quantitative estimate of drug-likeness (QED) is 0.821. The fraction of sp³-hybridized carbons (Fsp3) is 0.615. The Morgan fingerprint density at radius 1 is 1.55 bits per heavy atom. The summed E-state index contributed by atoms with van der Waals surface area (Å²) in [6.45, 7) is 3.47. The molecule has 7 heteroatoms. The molecule has 0 bridgehead atoms. The van der Waals surface area contributed by atoms with E-state index in [1.54, 1.807) is 20.1 Å². The van der Waals surface area contributed by atoms with E-state index in [2.05, 4.69) is 20.5 Å². The molecule has 0 unspecified atom stereocenters. The minimum absolute atomic E-state index is 0.254. The molecule has 2 heterocycles. The van der Waals surface area contributed by atoms with E-state index in [0.29, 0.717) is 16.9 Å². The summed E-state index contributed by atoms with van der Waals surface area (Å²) in [5.74, 6) is 1.39. The van der Waals surface area contributed by atoms with Crippen LogP contribution < -0.4 is 11.0 Å². The smallest absolute Gasteiger partial charge is 0.349 e. The van der Waals surface area contributed by atoms with Gasteiger partial charge in [-0.25, -0.2) is 19.3 Å². The summed E-state index contributed by atoms with van der Waals surface area (Å²) >= 11 is 0. The predicted octanol–water partition coefficient (Wildman–Crippen LogP) is 0.955. The van der Waals surface area contributed by atoms with Crippen LogP contribution in [0.5, 0.6) is 0 Å². The Labute approximate surface area is 116 Å². The molecule has 2 aromatic heterocycles. The number of aryl methyl sites for hydroxylation is 1.